The molecule has 6 heteroatoms. The fourth-order valence-electron chi connectivity index (χ4n) is 1.35. The molecule has 2 N–H and O–H groups in total. The van der Waals surface area contributed by atoms with Gasteiger partial charge in [-0.25, -0.2) is 4.79 Å². The van der Waals surface area contributed by atoms with Crippen molar-refractivity contribution in [3.8, 4) is 0 Å². The van der Waals surface area contributed by atoms with Crippen molar-refractivity contribution in [1.82, 2.24) is 5.32 Å². The summed E-state index contributed by atoms with van der Waals surface area (Å²) in [5.41, 5.74) is 0.702. The zero-order valence-corrected chi connectivity index (χ0v) is 11.7. The van der Waals surface area contributed by atoms with E-state index in [4.69, 9.17) is 28.3 Å². The van der Waals surface area contributed by atoms with Gasteiger partial charge in [-0.15, -0.1) is 0 Å². The Balaban J connectivity index is 2.68. The topological polar surface area (TPSA) is 66.4 Å². The van der Waals surface area contributed by atoms with Gasteiger partial charge in [0.2, 0.25) is 5.91 Å². The van der Waals surface area contributed by atoms with Gasteiger partial charge in [-0.2, -0.15) is 0 Å². The van der Waals surface area contributed by atoms with Crippen LogP contribution >= 0.6 is 23.2 Å². The molecule has 19 heavy (non-hydrogen) atoms. The number of carboxylic acids is 1. The fraction of sp³-hybridized carbons (Fsp3) is 0.231. The lowest BCUT2D eigenvalue weighted by molar-refractivity contribution is -0.141. The summed E-state index contributed by atoms with van der Waals surface area (Å²) in [6, 6.07) is 4.05. The highest BCUT2D eigenvalue weighted by atomic mass is 35.5. The third-order valence-corrected chi connectivity index (χ3v) is 3.13. The first kappa shape index (κ1) is 15.5. The molecule has 1 atom stereocenters. The van der Waals surface area contributed by atoms with E-state index in [-0.39, 0.29) is 0 Å². The van der Waals surface area contributed by atoms with Gasteiger partial charge in [0.1, 0.15) is 6.04 Å². The molecular formula is C13H13Cl2NO3. The molecule has 0 saturated carbocycles. The Morgan fingerprint density at radius 3 is 2.58 bits per heavy atom. The Morgan fingerprint density at radius 2 is 2.05 bits per heavy atom. The standard InChI is InChI=1S/C13H13Cl2NO3/c1-2-11(13(18)19)16-12(17)6-4-8-3-5-9(14)10(15)7-8/h3-7,11H,2H2,1H3,(H,16,17)(H,18,19)/t11-/m1/s1. The zero-order chi connectivity index (χ0) is 14.4. The number of hydrogen-bond acceptors (Lipinski definition) is 2. The van der Waals surface area contributed by atoms with E-state index in [0.29, 0.717) is 22.0 Å². The summed E-state index contributed by atoms with van der Waals surface area (Å²) in [6.07, 6.45) is 3.11. The Bertz CT molecular complexity index is 515. The van der Waals surface area contributed by atoms with Gasteiger partial charge in [0, 0.05) is 6.08 Å². The Morgan fingerprint density at radius 1 is 1.37 bits per heavy atom. The molecule has 1 amide bonds. The van der Waals surface area contributed by atoms with Crippen LogP contribution in [-0.4, -0.2) is 23.0 Å². The number of amides is 1. The van der Waals surface area contributed by atoms with Crippen LogP contribution in [0.25, 0.3) is 6.08 Å². The molecule has 4 nitrogen and oxygen atoms in total. The molecule has 0 fully saturated rings. The van der Waals surface area contributed by atoms with Gasteiger partial charge in [-0.05, 0) is 30.2 Å². The summed E-state index contributed by atoms with van der Waals surface area (Å²) in [6.45, 7) is 1.68. The van der Waals surface area contributed by atoms with E-state index in [1.54, 1.807) is 25.1 Å². The van der Waals surface area contributed by atoms with E-state index < -0.39 is 17.9 Å². The van der Waals surface area contributed by atoms with Crippen molar-refractivity contribution in [2.45, 2.75) is 19.4 Å². The van der Waals surface area contributed by atoms with Crippen LogP contribution in [0.2, 0.25) is 10.0 Å². The minimum Gasteiger partial charge on any atom is -0.480 e. The van der Waals surface area contributed by atoms with E-state index in [2.05, 4.69) is 5.32 Å². The van der Waals surface area contributed by atoms with Crippen LogP contribution < -0.4 is 5.32 Å². The van der Waals surface area contributed by atoms with Crippen LogP contribution in [0.1, 0.15) is 18.9 Å². The maximum absolute atomic E-state index is 11.5. The molecule has 0 heterocycles. The molecule has 0 saturated heterocycles. The molecule has 0 bridgehead atoms. The van der Waals surface area contributed by atoms with Crippen molar-refractivity contribution in [3.05, 3.63) is 39.9 Å². The van der Waals surface area contributed by atoms with Crippen LogP contribution in [0.4, 0.5) is 0 Å². The van der Waals surface area contributed by atoms with E-state index >= 15 is 0 Å². The number of carbonyl (C=O) groups excluding carboxylic acids is 1. The van der Waals surface area contributed by atoms with Crippen LogP contribution in [0.5, 0.6) is 0 Å². The Labute approximate surface area is 121 Å². The molecule has 102 valence electrons. The first-order chi connectivity index (χ1) is 8.93. The van der Waals surface area contributed by atoms with Crippen molar-refractivity contribution in [3.63, 3.8) is 0 Å². The minimum atomic E-state index is -1.06. The number of rotatable bonds is 5. The number of carboxylic acid groups (broad SMARTS) is 1. The molecule has 1 aromatic carbocycles. The largest absolute Gasteiger partial charge is 0.480 e. The molecular weight excluding hydrogens is 289 g/mol. The number of nitrogens with one attached hydrogen (secondary N) is 1. The summed E-state index contributed by atoms with van der Waals surface area (Å²) in [7, 11) is 0. The Kier molecular flexibility index (Phi) is 5.86. The average Bonchev–Trinajstić information content (AvgIpc) is 2.37. The zero-order valence-electron chi connectivity index (χ0n) is 10.2. The van der Waals surface area contributed by atoms with Crippen molar-refractivity contribution in [2.24, 2.45) is 0 Å². The molecule has 0 aromatic heterocycles. The van der Waals surface area contributed by atoms with Crippen LogP contribution in [0.3, 0.4) is 0 Å². The third kappa shape index (κ3) is 4.93. The predicted octanol–water partition coefficient (Wildman–Crippen LogP) is 2.99. The highest BCUT2D eigenvalue weighted by Gasteiger charge is 2.15. The molecule has 1 aromatic rings. The van der Waals surface area contributed by atoms with Crippen molar-refractivity contribution >= 4 is 41.2 Å². The average molecular weight is 302 g/mol. The second-order valence-electron chi connectivity index (χ2n) is 3.81. The monoisotopic (exact) mass is 301 g/mol. The van der Waals surface area contributed by atoms with Crippen LogP contribution in [-0.2, 0) is 9.59 Å². The van der Waals surface area contributed by atoms with Gasteiger partial charge in [-0.1, -0.05) is 36.2 Å². The SMILES string of the molecule is CC[C@@H](NC(=O)C=Cc1ccc(Cl)c(Cl)c1)C(=O)O. The summed E-state index contributed by atoms with van der Waals surface area (Å²) in [5.74, 6) is -1.53. The molecule has 0 spiro atoms. The second kappa shape index (κ2) is 7.16. The van der Waals surface area contributed by atoms with Gasteiger partial charge in [0.25, 0.3) is 0 Å². The predicted molar refractivity (Wildman–Crippen MR) is 75.4 cm³/mol. The van der Waals surface area contributed by atoms with E-state index in [0.717, 1.165) is 0 Å². The number of halogens is 2. The number of carbonyl (C=O) groups is 2. The summed E-state index contributed by atoms with van der Waals surface area (Å²) in [4.78, 5) is 22.3. The molecule has 0 aliphatic heterocycles. The van der Waals surface area contributed by atoms with E-state index in [9.17, 15) is 9.59 Å². The summed E-state index contributed by atoms with van der Waals surface area (Å²) >= 11 is 11.6. The van der Waals surface area contributed by atoms with Gasteiger partial charge < -0.3 is 10.4 Å². The lowest BCUT2D eigenvalue weighted by Crippen LogP contribution is -2.39. The summed E-state index contributed by atoms with van der Waals surface area (Å²) in [5, 5.41) is 12.0. The molecule has 0 unspecified atom stereocenters. The molecule has 0 aliphatic carbocycles. The van der Waals surface area contributed by atoms with E-state index in [1.165, 1.54) is 12.2 Å². The maximum Gasteiger partial charge on any atom is 0.326 e. The highest BCUT2D eigenvalue weighted by Crippen LogP contribution is 2.23. The van der Waals surface area contributed by atoms with Crippen LogP contribution in [0.15, 0.2) is 24.3 Å². The van der Waals surface area contributed by atoms with Crippen molar-refractivity contribution in [2.75, 3.05) is 0 Å². The molecule has 0 aliphatic rings. The highest BCUT2D eigenvalue weighted by molar-refractivity contribution is 6.42. The first-order valence-corrected chi connectivity index (χ1v) is 6.36. The van der Waals surface area contributed by atoms with Gasteiger partial charge in [-0.3, -0.25) is 4.79 Å². The van der Waals surface area contributed by atoms with Crippen molar-refractivity contribution < 1.29 is 14.7 Å². The first-order valence-electron chi connectivity index (χ1n) is 5.60. The quantitative estimate of drug-likeness (QED) is 0.822. The lowest BCUT2D eigenvalue weighted by Gasteiger charge is -2.09. The number of hydrogen-bond donors (Lipinski definition) is 2. The minimum absolute atomic E-state index is 0.321. The Hall–Kier alpha value is -1.52. The summed E-state index contributed by atoms with van der Waals surface area (Å²) < 4.78 is 0. The smallest absolute Gasteiger partial charge is 0.326 e. The number of aliphatic carboxylic acids is 1. The fourth-order valence-corrected chi connectivity index (χ4v) is 1.65. The van der Waals surface area contributed by atoms with E-state index in [1.807, 2.05) is 0 Å². The van der Waals surface area contributed by atoms with Crippen molar-refractivity contribution in [1.29, 1.82) is 0 Å². The van der Waals surface area contributed by atoms with Gasteiger partial charge >= 0.3 is 5.97 Å². The van der Waals surface area contributed by atoms with Gasteiger partial charge in [0.05, 0.1) is 10.0 Å². The van der Waals surface area contributed by atoms with Gasteiger partial charge in [0.15, 0.2) is 0 Å². The normalized spacial score (nSPS) is 12.4. The number of benzene rings is 1. The third-order valence-electron chi connectivity index (χ3n) is 2.39. The molecule has 1 rings (SSSR count). The molecule has 0 radical (unpaired) electrons. The maximum atomic E-state index is 11.5. The van der Waals surface area contributed by atoms with Crippen LogP contribution in [0, 0.1) is 0 Å². The second-order valence-corrected chi connectivity index (χ2v) is 4.63. The lowest BCUT2D eigenvalue weighted by atomic mass is 10.2.